The number of nitrogens with one attached hydrogen (secondary N) is 1. The maximum atomic E-state index is 5.95. The topological polar surface area (TPSA) is 63.8 Å². The van der Waals surface area contributed by atoms with Gasteiger partial charge in [-0.05, 0) is 31.5 Å². The third-order valence-electron chi connectivity index (χ3n) is 2.32. The Morgan fingerprint density at radius 3 is 2.65 bits per heavy atom. The summed E-state index contributed by atoms with van der Waals surface area (Å²) < 4.78 is 0. The zero-order valence-corrected chi connectivity index (χ0v) is 10.4. The average Bonchev–Trinajstić information content (AvgIpc) is 2.22. The number of anilines is 3. The highest BCUT2D eigenvalue weighted by atomic mass is 35.5. The fourth-order valence-electron chi connectivity index (χ4n) is 1.52. The molecule has 88 valence electrons. The number of nitrogen functional groups attached to an aromatic ring is 1. The van der Waals surface area contributed by atoms with E-state index in [0.717, 1.165) is 11.3 Å². The molecule has 5 heteroatoms. The first-order valence-electron chi connectivity index (χ1n) is 5.19. The van der Waals surface area contributed by atoms with Crippen molar-refractivity contribution in [3.8, 4) is 0 Å². The van der Waals surface area contributed by atoms with Crippen molar-refractivity contribution in [3.05, 3.63) is 40.7 Å². The molecule has 0 aliphatic heterocycles. The molecule has 1 heterocycles. The standard InChI is InChI=1S/C12H13ClN4/c1-7-3-4-9(13)5-10(7)17-12-6-11(14)15-8(2)16-12/h3-6H,1-2H3,(H3,14,15,16,17). The minimum atomic E-state index is 0.444. The number of rotatable bonds is 2. The van der Waals surface area contributed by atoms with E-state index in [1.165, 1.54) is 0 Å². The highest BCUT2D eigenvalue weighted by Gasteiger charge is 2.03. The van der Waals surface area contributed by atoms with Gasteiger partial charge in [0.1, 0.15) is 17.5 Å². The first-order chi connectivity index (χ1) is 8.04. The van der Waals surface area contributed by atoms with Gasteiger partial charge in [-0.2, -0.15) is 0 Å². The van der Waals surface area contributed by atoms with Crippen LogP contribution < -0.4 is 11.1 Å². The molecule has 0 atom stereocenters. The van der Waals surface area contributed by atoms with Crippen LogP contribution in [0.5, 0.6) is 0 Å². The third kappa shape index (κ3) is 2.85. The minimum absolute atomic E-state index is 0.444. The van der Waals surface area contributed by atoms with Crippen molar-refractivity contribution in [2.24, 2.45) is 0 Å². The van der Waals surface area contributed by atoms with Crippen LogP contribution in [-0.2, 0) is 0 Å². The number of halogens is 1. The molecule has 0 unspecified atom stereocenters. The summed E-state index contributed by atoms with van der Waals surface area (Å²) in [5.41, 5.74) is 7.66. The van der Waals surface area contributed by atoms with Crippen LogP contribution in [0.2, 0.25) is 5.02 Å². The molecule has 0 aliphatic rings. The molecule has 0 saturated heterocycles. The molecule has 0 amide bonds. The highest BCUT2D eigenvalue weighted by Crippen LogP contribution is 2.23. The van der Waals surface area contributed by atoms with Crippen molar-refractivity contribution in [2.45, 2.75) is 13.8 Å². The highest BCUT2D eigenvalue weighted by molar-refractivity contribution is 6.30. The lowest BCUT2D eigenvalue weighted by atomic mass is 10.2. The molecule has 2 rings (SSSR count). The monoisotopic (exact) mass is 248 g/mol. The summed E-state index contributed by atoms with van der Waals surface area (Å²) in [6.07, 6.45) is 0. The quantitative estimate of drug-likeness (QED) is 0.857. The normalized spacial score (nSPS) is 10.3. The Hall–Kier alpha value is -1.81. The van der Waals surface area contributed by atoms with Crippen LogP contribution in [0.25, 0.3) is 0 Å². The van der Waals surface area contributed by atoms with Gasteiger partial charge >= 0.3 is 0 Å². The van der Waals surface area contributed by atoms with E-state index < -0.39 is 0 Å². The molecule has 4 nitrogen and oxygen atoms in total. The number of aryl methyl sites for hydroxylation is 2. The van der Waals surface area contributed by atoms with E-state index in [1.54, 1.807) is 13.0 Å². The van der Waals surface area contributed by atoms with Gasteiger partial charge in [0.2, 0.25) is 0 Å². The molecule has 1 aromatic carbocycles. The molecule has 0 radical (unpaired) electrons. The van der Waals surface area contributed by atoms with E-state index in [-0.39, 0.29) is 0 Å². The van der Waals surface area contributed by atoms with Crippen molar-refractivity contribution < 1.29 is 0 Å². The number of hydrogen-bond donors (Lipinski definition) is 2. The second-order valence-electron chi connectivity index (χ2n) is 3.81. The van der Waals surface area contributed by atoms with Crippen molar-refractivity contribution >= 4 is 28.9 Å². The van der Waals surface area contributed by atoms with E-state index >= 15 is 0 Å². The molecule has 0 saturated carbocycles. The number of nitrogens with zero attached hydrogens (tertiary/aromatic N) is 2. The summed E-state index contributed by atoms with van der Waals surface area (Å²) in [4.78, 5) is 8.27. The molecule has 0 aliphatic carbocycles. The summed E-state index contributed by atoms with van der Waals surface area (Å²) in [5, 5.41) is 3.86. The van der Waals surface area contributed by atoms with Crippen molar-refractivity contribution in [3.63, 3.8) is 0 Å². The van der Waals surface area contributed by atoms with Crippen molar-refractivity contribution in [2.75, 3.05) is 11.1 Å². The van der Waals surface area contributed by atoms with Crippen LogP contribution in [0.4, 0.5) is 17.3 Å². The summed E-state index contributed by atoms with van der Waals surface area (Å²) in [7, 11) is 0. The van der Waals surface area contributed by atoms with Crippen LogP contribution in [-0.4, -0.2) is 9.97 Å². The summed E-state index contributed by atoms with van der Waals surface area (Å²) in [5.74, 6) is 1.74. The molecule has 2 aromatic rings. The van der Waals surface area contributed by atoms with Gasteiger partial charge in [0, 0.05) is 16.8 Å². The summed E-state index contributed by atoms with van der Waals surface area (Å²) in [6.45, 7) is 3.79. The number of benzene rings is 1. The number of aromatic nitrogens is 2. The predicted octanol–water partition coefficient (Wildman–Crippen LogP) is 3.07. The summed E-state index contributed by atoms with van der Waals surface area (Å²) >= 11 is 5.95. The van der Waals surface area contributed by atoms with Crippen LogP contribution in [0, 0.1) is 13.8 Å². The van der Waals surface area contributed by atoms with E-state index in [2.05, 4.69) is 15.3 Å². The van der Waals surface area contributed by atoms with E-state index in [1.807, 2.05) is 25.1 Å². The lowest BCUT2D eigenvalue weighted by Gasteiger charge is -2.10. The van der Waals surface area contributed by atoms with Gasteiger partial charge < -0.3 is 11.1 Å². The zero-order chi connectivity index (χ0) is 12.4. The first-order valence-corrected chi connectivity index (χ1v) is 5.57. The van der Waals surface area contributed by atoms with Gasteiger partial charge in [0.25, 0.3) is 0 Å². The lowest BCUT2D eigenvalue weighted by molar-refractivity contribution is 1.06. The van der Waals surface area contributed by atoms with Gasteiger partial charge in [0.15, 0.2) is 0 Å². The Balaban J connectivity index is 2.34. The Kier molecular flexibility index (Phi) is 3.15. The molecule has 0 spiro atoms. The fraction of sp³-hybridized carbons (Fsp3) is 0.167. The zero-order valence-electron chi connectivity index (χ0n) is 9.66. The summed E-state index contributed by atoms with van der Waals surface area (Å²) in [6, 6.07) is 7.33. The molecular weight excluding hydrogens is 236 g/mol. The van der Waals surface area contributed by atoms with Crippen molar-refractivity contribution in [1.82, 2.24) is 9.97 Å². The van der Waals surface area contributed by atoms with E-state index in [0.29, 0.717) is 22.5 Å². The van der Waals surface area contributed by atoms with Crippen LogP contribution in [0.15, 0.2) is 24.3 Å². The number of nitrogens with two attached hydrogens (primary N) is 1. The molecular formula is C12H13ClN4. The maximum absolute atomic E-state index is 5.95. The van der Waals surface area contributed by atoms with Gasteiger partial charge in [-0.15, -0.1) is 0 Å². The predicted molar refractivity (Wildman–Crippen MR) is 70.7 cm³/mol. The molecule has 0 fully saturated rings. The van der Waals surface area contributed by atoms with Gasteiger partial charge in [-0.3, -0.25) is 0 Å². The lowest BCUT2D eigenvalue weighted by Crippen LogP contribution is -2.01. The maximum Gasteiger partial charge on any atom is 0.136 e. The minimum Gasteiger partial charge on any atom is -0.384 e. The van der Waals surface area contributed by atoms with Crippen LogP contribution >= 0.6 is 11.6 Å². The molecule has 17 heavy (non-hydrogen) atoms. The Morgan fingerprint density at radius 2 is 1.94 bits per heavy atom. The molecule has 3 N–H and O–H groups in total. The van der Waals surface area contributed by atoms with Gasteiger partial charge in [-0.1, -0.05) is 17.7 Å². The van der Waals surface area contributed by atoms with Gasteiger partial charge in [-0.25, -0.2) is 9.97 Å². The fourth-order valence-corrected chi connectivity index (χ4v) is 1.69. The second-order valence-corrected chi connectivity index (χ2v) is 4.25. The Bertz CT molecular complexity index is 534. The van der Waals surface area contributed by atoms with Crippen molar-refractivity contribution in [1.29, 1.82) is 0 Å². The van der Waals surface area contributed by atoms with Crippen LogP contribution in [0.3, 0.4) is 0 Å². The molecule has 1 aromatic heterocycles. The third-order valence-corrected chi connectivity index (χ3v) is 2.56. The van der Waals surface area contributed by atoms with E-state index in [9.17, 15) is 0 Å². The van der Waals surface area contributed by atoms with Gasteiger partial charge in [0.05, 0.1) is 0 Å². The molecule has 0 bridgehead atoms. The SMILES string of the molecule is Cc1nc(N)cc(Nc2cc(Cl)ccc2C)n1. The van der Waals surface area contributed by atoms with Crippen LogP contribution in [0.1, 0.15) is 11.4 Å². The Morgan fingerprint density at radius 1 is 1.18 bits per heavy atom. The number of hydrogen-bond acceptors (Lipinski definition) is 4. The first kappa shape index (κ1) is 11.7. The Labute approximate surface area is 105 Å². The smallest absolute Gasteiger partial charge is 0.136 e. The second kappa shape index (κ2) is 4.59. The average molecular weight is 249 g/mol. The largest absolute Gasteiger partial charge is 0.384 e. The van der Waals surface area contributed by atoms with E-state index in [4.69, 9.17) is 17.3 Å².